The lowest BCUT2D eigenvalue weighted by Crippen LogP contribution is -2.41. The summed E-state index contributed by atoms with van der Waals surface area (Å²) in [7, 11) is 2.18. The Bertz CT molecular complexity index is 436. The van der Waals surface area contributed by atoms with Crippen LogP contribution >= 0.6 is 24.0 Å². The first-order valence-electron chi connectivity index (χ1n) is 9.44. The second kappa shape index (κ2) is 12.6. The Hall–Kier alpha value is -0.770. The van der Waals surface area contributed by atoms with E-state index in [1.165, 1.54) is 12.8 Å². The van der Waals surface area contributed by atoms with Crippen molar-refractivity contribution in [2.75, 3.05) is 33.2 Å². The van der Waals surface area contributed by atoms with E-state index in [2.05, 4.69) is 46.7 Å². The molecule has 0 aromatic heterocycles. The molecule has 1 atom stereocenters. The van der Waals surface area contributed by atoms with Crippen molar-refractivity contribution in [1.82, 2.24) is 20.9 Å². The smallest absolute Gasteiger partial charge is 0.407 e. The maximum atomic E-state index is 11.6. The molecule has 154 valence electrons. The summed E-state index contributed by atoms with van der Waals surface area (Å²) >= 11 is 0. The molecule has 26 heavy (non-hydrogen) atoms. The van der Waals surface area contributed by atoms with Crippen molar-refractivity contribution in [3.63, 3.8) is 0 Å². The molecule has 1 amide bonds. The van der Waals surface area contributed by atoms with Crippen LogP contribution in [0.4, 0.5) is 4.79 Å². The average molecular weight is 483 g/mol. The first-order chi connectivity index (χ1) is 11.7. The summed E-state index contributed by atoms with van der Waals surface area (Å²) in [5.74, 6) is 0.829. The molecule has 1 saturated carbocycles. The predicted octanol–water partition coefficient (Wildman–Crippen LogP) is 2.56. The van der Waals surface area contributed by atoms with Crippen molar-refractivity contribution in [3.8, 4) is 0 Å². The number of carbonyl (C=O) groups is 1. The van der Waals surface area contributed by atoms with Gasteiger partial charge in [0.05, 0.1) is 6.54 Å². The SMILES string of the molecule is CCNC(=NCC(C)N(C)C1CC1)NCCCNC(=O)OC(C)(C)C.I. The number of halogens is 1. The third kappa shape index (κ3) is 11.8. The van der Waals surface area contributed by atoms with Crippen molar-refractivity contribution in [1.29, 1.82) is 0 Å². The van der Waals surface area contributed by atoms with Gasteiger partial charge in [-0.3, -0.25) is 9.89 Å². The number of aliphatic imine (C=N–C) groups is 1. The van der Waals surface area contributed by atoms with Gasteiger partial charge in [-0.2, -0.15) is 0 Å². The zero-order valence-corrected chi connectivity index (χ0v) is 19.6. The van der Waals surface area contributed by atoms with Crippen LogP contribution in [-0.4, -0.2) is 67.9 Å². The van der Waals surface area contributed by atoms with Gasteiger partial charge in [-0.25, -0.2) is 4.79 Å². The topological polar surface area (TPSA) is 78.0 Å². The first kappa shape index (κ1) is 25.2. The second-order valence-electron chi connectivity index (χ2n) is 7.67. The van der Waals surface area contributed by atoms with Gasteiger partial charge in [0.2, 0.25) is 0 Å². The number of alkyl carbamates (subject to hydrolysis) is 1. The van der Waals surface area contributed by atoms with E-state index in [1.54, 1.807) is 0 Å². The van der Waals surface area contributed by atoms with Gasteiger partial charge in [-0.05, 0) is 60.9 Å². The Balaban J connectivity index is 0.00000625. The summed E-state index contributed by atoms with van der Waals surface area (Å²) in [4.78, 5) is 18.6. The highest BCUT2D eigenvalue weighted by Gasteiger charge is 2.28. The molecular formula is C18H38IN5O2. The van der Waals surface area contributed by atoms with Crippen LogP contribution in [0.25, 0.3) is 0 Å². The molecule has 1 aliphatic carbocycles. The first-order valence-corrected chi connectivity index (χ1v) is 9.44. The number of hydrogen-bond donors (Lipinski definition) is 3. The molecule has 0 radical (unpaired) electrons. The van der Waals surface area contributed by atoms with Crippen molar-refractivity contribution in [2.24, 2.45) is 4.99 Å². The Labute approximate surface area is 176 Å². The quantitative estimate of drug-likeness (QED) is 0.203. The summed E-state index contributed by atoms with van der Waals surface area (Å²) in [5.41, 5.74) is -0.461. The number of nitrogens with one attached hydrogen (secondary N) is 3. The lowest BCUT2D eigenvalue weighted by Gasteiger charge is -2.23. The van der Waals surface area contributed by atoms with E-state index in [0.29, 0.717) is 12.6 Å². The van der Waals surface area contributed by atoms with Crippen molar-refractivity contribution >= 4 is 36.0 Å². The lowest BCUT2D eigenvalue weighted by molar-refractivity contribution is 0.0527. The Morgan fingerprint density at radius 2 is 1.85 bits per heavy atom. The van der Waals surface area contributed by atoms with E-state index in [-0.39, 0.29) is 30.1 Å². The fourth-order valence-electron chi connectivity index (χ4n) is 2.34. The van der Waals surface area contributed by atoms with Crippen LogP contribution in [-0.2, 0) is 4.74 Å². The summed E-state index contributed by atoms with van der Waals surface area (Å²) in [6.45, 7) is 12.8. The minimum Gasteiger partial charge on any atom is -0.444 e. The van der Waals surface area contributed by atoms with Gasteiger partial charge in [-0.1, -0.05) is 0 Å². The van der Waals surface area contributed by atoms with Crippen LogP contribution in [0.1, 0.15) is 53.9 Å². The van der Waals surface area contributed by atoms with E-state index < -0.39 is 5.60 Å². The second-order valence-corrected chi connectivity index (χ2v) is 7.67. The predicted molar refractivity (Wildman–Crippen MR) is 118 cm³/mol. The zero-order valence-electron chi connectivity index (χ0n) is 17.2. The minimum atomic E-state index is -0.461. The van der Waals surface area contributed by atoms with Gasteiger partial charge in [-0.15, -0.1) is 24.0 Å². The van der Waals surface area contributed by atoms with Crippen LogP contribution < -0.4 is 16.0 Å². The molecular weight excluding hydrogens is 445 g/mol. The zero-order chi connectivity index (χ0) is 18.9. The summed E-state index contributed by atoms with van der Waals surface area (Å²) in [6, 6.07) is 1.19. The lowest BCUT2D eigenvalue weighted by atomic mass is 10.2. The van der Waals surface area contributed by atoms with Gasteiger partial charge in [0.25, 0.3) is 0 Å². The molecule has 0 aromatic rings. The van der Waals surface area contributed by atoms with Crippen LogP contribution in [0.3, 0.4) is 0 Å². The molecule has 0 spiro atoms. The molecule has 1 unspecified atom stereocenters. The maximum Gasteiger partial charge on any atom is 0.407 e. The Morgan fingerprint density at radius 3 is 2.38 bits per heavy atom. The van der Waals surface area contributed by atoms with E-state index >= 15 is 0 Å². The van der Waals surface area contributed by atoms with E-state index in [0.717, 1.165) is 38.1 Å². The van der Waals surface area contributed by atoms with Crippen LogP contribution in [0.15, 0.2) is 4.99 Å². The van der Waals surface area contributed by atoms with Crippen molar-refractivity contribution in [3.05, 3.63) is 0 Å². The Morgan fingerprint density at radius 1 is 1.23 bits per heavy atom. The van der Waals surface area contributed by atoms with Gasteiger partial charge in [0.15, 0.2) is 5.96 Å². The molecule has 8 heteroatoms. The number of guanidine groups is 1. The van der Waals surface area contributed by atoms with E-state index in [9.17, 15) is 4.79 Å². The average Bonchev–Trinajstić information content (AvgIpc) is 3.34. The molecule has 0 heterocycles. The Kier molecular flexibility index (Phi) is 12.2. The fourth-order valence-corrected chi connectivity index (χ4v) is 2.34. The normalized spacial score (nSPS) is 15.9. The highest BCUT2D eigenvalue weighted by Crippen LogP contribution is 2.26. The van der Waals surface area contributed by atoms with Crippen molar-refractivity contribution < 1.29 is 9.53 Å². The number of hydrogen-bond acceptors (Lipinski definition) is 4. The minimum absolute atomic E-state index is 0. The number of amides is 1. The molecule has 1 rings (SSSR count). The number of likely N-dealkylation sites (N-methyl/N-ethyl adjacent to an activating group) is 1. The largest absolute Gasteiger partial charge is 0.444 e. The number of nitrogens with zero attached hydrogens (tertiary/aromatic N) is 2. The van der Waals surface area contributed by atoms with Gasteiger partial charge in [0.1, 0.15) is 5.60 Å². The molecule has 1 fully saturated rings. The third-order valence-electron chi connectivity index (χ3n) is 3.99. The number of rotatable bonds is 9. The third-order valence-corrected chi connectivity index (χ3v) is 3.99. The molecule has 3 N–H and O–H groups in total. The van der Waals surface area contributed by atoms with Gasteiger partial charge in [0, 0.05) is 31.7 Å². The number of ether oxygens (including phenoxy) is 1. The number of carbonyl (C=O) groups excluding carboxylic acids is 1. The molecule has 1 aliphatic rings. The van der Waals surface area contributed by atoms with Gasteiger partial charge < -0.3 is 20.7 Å². The summed E-state index contributed by atoms with van der Waals surface area (Å²) in [5, 5.41) is 9.33. The fraction of sp³-hybridized carbons (Fsp3) is 0.889. The van der Waals surface area contributed by atoms with Crippen LogP contribution in [0.2, 0.25) is 0 Å². The standard InChI is InChI=1S/C18H37N5O2.HI/c1-7-19-16(22-13-14(2)23(6)15-9-10-15)20-11-8-12-21-17(24)25-18(3,4)5;/h14-15H,7-13H2,1-6H3,(H,21,24)(H2,19,20,22);1H. The van der Waals surface area contributed by atoms with Crippen LogP contribution in [0.5, 0.6) is 0 Å². The monoisotopic (exact) mass is 483 g/mol. The maximum absolute atomic E-state index is 11.6. The van der Waals surface area contributed by atoms with Crippen molar-refractivity contribution in [2.45, 2.75) is 71.6 Å². The summed E-state index contributed by atoms with van der Waals surface area (Å²) < 4.78 is 5.20. The highest BCUT2D eigenvalue weighted by atomic mass is 127. The summed E-state index contributed by atoms with van der Waals surface area (Å²) in [6.07, 6.45) is 3.06. The molecule has 0 saturated heterocycles. The van der Waals surface area contributed by atoms with E-state index in [1.807, 2.05) is 20.8 Å². The van der Waals surface area contributed by atoms with E-state index in [4.69, 9.17) is 4.74 Å². The van der Waals surface area contributed by atoms with Crippen LogP contribution in [0, 0.1) is 0 Å². The molecule has 7 nitrogen and oxygen atoms in total. The molecule has 0 bridgehead atoms. The molecule has 0 aliphatic heterocycles. The van der Waals surface area contributed by atoms with Gasteiger partial charge >= 0.3 is 6.09 Å². The highest BCUT2D eigenvalue weighted by molar-refractivity contribution is 14.0. The molecule has 0 aromatic carbocycles.